The molecule has 3 heterocycles. The van der Waals surface area contributed by atoms with Crippen LogP contribution in [0, 0.1) is 12.8 Å². The minimum Gasteiger partial charge on any atom is -0.378 e. The Kier molecular flexibility index (Phi) is 5.54. The lowest BCUT2D eigenvalue weighted by Crippen LogP contribution is -2.38. The molecule has 0 saturated carbocycles. The van der Waals surface area contributed by atoms with Gasteiger partial charge >= 0.3 is 0 Å². The number of ether oxygens (including phenoxy) is 1. The van der Waals surface area contributed by atoms with E-state index in [1.165, 1.54) is 43.6 Å². The van der Waals surface area contributed by atoms with E-state index in [2.05, 4.69) is 42.7 Å². The Balaban J connectivity index is 1.78. The van der Waals surface area contributed by atoms with E-state index in [-0.39, 0.29) is 0 Å². The molecule has 0 radical (unpaired) electrons. The predicted octanol–water partition coefficient (Wildman–Crippen LogP) is 3.41. The molecule has 0 amide bonds. The molecule has 1 aromatic heterocycles. The van der Waals surface area contributed by atoms with Crippen LogP contribution in [0.3, 0.4) is 0 Å². The third-order valence-electron chi connectivity index (χ3n) is 5.02. The number of hydrogen-bond acceptors (Lipinski definition) is 4. The summed E-state index contributed by atoms with van der Waals surface area (Å²) in [4.78, 5) is 9.94. The molecule has 4 heteroatoms. The van der Waals surface area contributed by atoms with Gasteiger partial charge in [-0.2, -0.15) is 0 Å². The lowest BCUT2D eigenvalue weighted by Gasteiger charge is -2.38. The van der Waals surface area contributed by atoms with Gasteiger partial charge in [-0.25, -0.2) is 4.98 Å². The molecule has 0 aliphatic carbocycles. The van der Waals surface area contributed by atoms with Gasteiger partial charge in [0.25, 0.3) is 0 Å². The quantitative estimate of drug-likeness (QED) is 0.851. The summed E-state index contributed by atoms with van der Waals surface area (Å²) in [6, 6.07) is 5.10. The highest BCUT2D eigenvalue weighted by molar-refractivity contribution is 5.43. The lowest BCUT2D eigenvalue weighted by atomic mass is 9.93. The van der Waals surface area contributed by atoms with Crippen LogP contribution in [-0.4, -0.2) is 49.3 Å². The van der Waals surface area contributed by atoms with Gasteiger partial charge in [0.05, 0.1) is 13.2 Å². The average molecular weight is 317 g/mol. The van der Waals surface area contributed by atoms with Crippen molar-refractivity contribution < 1.29 is 4.74 Å². The van der Waals surface area contributed by atoms with Gasteiger partial charge < -0.3 is 9.64 Å². The summed E-state index contributed by atoms with van der Waals surface area (Å²) in [7, 11) is 0. The molecular formula is C19H31N3O. The summed E-state index contributed by atoms with van der Waals surface area (Å²) < 4.78 is 5.45. The summed E-state index contributed by atoms with van der Waals surface area (Å²) in [6.07, 6.45) is 3.94. The first kappa shape index (κ1) is 16.7. The Morgan fingerprint density at radius 3 is 2.65 bits per heavy atom. The minimum absolute atomic E-state index is 0.553. The van der Waals surface area contributed by atoms with Crippen molar-refractivity contribution in [2.24, 2.45) is 5.92 Å². The van der Waals surface area contributed by atoms with Crippen molar-refractivity contribution in [2.75, 3.05) is 44.3 Å². The minimum atomic E-state index is 0.553. The zero-order chi connectivity index (χ0) is 16.2. The van der Waals surface area contributed by atoms with E-state index >= 15 is 0 Å². The molecular weight excluding hydrogens is 286 g/mol. The topological polar surface area (TPSA) is 28.6 Å². The van der Waals surface area contributed by atoms with Crippen LogP contribution >= 0.6 is 0 Å². The van der Waals surface area contributed by atoms with Crippen molar-refractivity contribution in [1.82, 2.24) is 9.88 Å². The summed E-state index contributed by atoms with van der Waals surface area (Å²) in [5.74, 6) is 1.83. The third kappa shape index (κ3) is 4.04. The van der Waals surface area contributed by atoms with E-state index < -0.39 is 0 Å². The number of morpholine rings is 1. The molecule has 3 rings (SSSR count). The maximum atomic E-state index is 5.45. The molecule has 2 saturated heterocycles. The van der Waals surface area contributed by atoms with Gasteiger partial charge in [-0.1, -0.05) is 26.3 Å². The van der Waals surface area contributed by atoms with Gasteiger partial charge in [0.2, 0.25) is 0 Å². The molecule has 2 aliphatic heterocycles. The summed E-state index contributed by atoms with van der Waals surface area (Å²) in [6.45, 7) is 12.8. The van der Waals surface area contributed by atoms with Crippen molar-refractivity contribution in [3.8, 4) is 0 Å². The zero-order valence-corrected chi connectivity index (χ0v) is 14.9. The Bertz CT molecular complexity index is 511. The highest BCUT2D eigenvalue weighted by Gasteiger charge is 2.26. The van der Waals surface area contributed by atoms with Crippen molar-refractivity contribution in [1.29, 1.82) is 0 Å². The summed E-state index contributed by atoms with van der Waals surface area (Å²) in [5, 5.41) is 0. The number of aryl methyl sites for hydroxylation is 1. The maximum absolute atomic E-state index is 5.45. The number of hydrogen-bond donors (Lipinski definition) is 0. The van der Waals surface area contributed by atoms with Gasteiger partial charge in [0.1, 0.15) is 5.82 Å². The molecule has 1 atom stereocenters. The van der Waals surface area contributed by atoms with E-state index in [1.54, 1.807) is 0 Å². The van der Waals surface area contributed by atoms with Gasteiger partial charge in [0.15, 0.2) is 0 Å². The lowest BCUT2D eigenvalue weighted by molar-refractivity contribution is 0.122. The first-order chi connectivity index (χ1) is 11.1. The summed E-state index contributed by atoms with van der Waals surface area (Å²) in [5.41, 5.74) is 2.64. The molecule has 2 aliphatic rings. The fourth-order valence-corrected chi connectivity index (χ4v) is 3.91. The number of likely N-dealkylation sites (tertiary alicyclic amines) is 1. The van der Waals surface area contributed by atoms with Crippen LogP contribution in [0.1, 0.15) is 50.4 Å². The van der Waals surface area contributed by atoms with E-state index in [4.69, 9.17) is 9.72 Å². The SMILES string of the molecule is Cc1nc(N2CCOCC2)ccc1C1CCCCN1CC(C)C. The maximum Gasteiger partial charge on any atom is 0.128 e. The Morgan fingerprint density at radius 1 is 1.17 bits per heavy atom. The Morgan fingerprint density at radius 2 is 1.96 bits per heavy atom. The smallest absolute Gasteiger partial charge is 0.128 e. The van der Waals surface area contributed by atoms with Crippen molar-refractivity contribution >= 4 is 5.82 Å². The average Bonchev–Trinajstić information content (AvgIpc) is 2.56. The highest BCUT2D eigenvalue weighted by Crippen LogP contribution is 2.33. The van der Waals surface area contributed by atoms with Crippen LogP contribution in [0.25, 0.3) is 0 Å². The second-order valence-electron chi connectivity index (χ2n) is 7.34. The van der Waals surface area contributed by atoms with Gasteiger partial charge in [0, 0.05) is 31.4 Å². The largest absolute Gasteiger partial charge is 0.378 e. The van der Waals surface area contributed by atoms with Crippen molar-refractivity contribution in [2.45, 2.75) is 46.1 Å². The molecule has 0 aromatic carbocycles. The molecule has 4 nitrogen and oxygen atoms in total. The Hall–Kier alpha value is -1.13. The van der Waals surface area contributed by atoms with E-state index in [0.29, 0.717) is 6.04 Å². The fraction of sp³-hybridized carbons (Fsp3) is 0.737. The molecule has 128 valence electrons. The second kappa shape index (κ2) is 7.63. The molecule has 0 bridgehead atoms. The Labute approximate surface area is 140 Å². The highest BCUT2D eigenvalue weighted by atomic mass is 16.5. The molecule has 1 aromatic rings. The number of aromatic nitrogens is 1. The van der Waals surface area contributed by atoms with Crippen molar-refractivity contribution in [3.05, 3.63) is 23.4 Å². The van der Waals surface area contributed by atoms with Crippen LogP contribution in [0.15, 0.2) is 12.1 Å². The predicted molar refractivity (Wildman–Crippen MR) is 95.0 cm³/mol. The molecule has 2 fully saturated rings. The first-order valence-electron chi connectivity index (χ1n) is 9.19. The number of nitrogens with zero attached hydrogens (tertiary/aromatic N) is 3. The monoisotopic (exact) mass is 317 g/mol. The molecule has 0 N–H and O–H groups in total. The van der Waals surface area contributed by atoms with Crippen LogP contribution in [0.2, 0.25) is 0 Å². The van der Waals surface area contributed by atoms with Crippen LogP contribution in [0.5, 0.6) is 0 Å². The van der Waals surface area contributed by atoms with Crippen LogP contribution < -0.4 is 4.90 Å². The number of piperidine rings is 1. The van der Waals surface area contributed by atoms with Gasteiger partial charge in [-0.15, -0.1) is 0 Å². The summed E-state index contributed by atoms with van der Waals surface area (Å²) >= 11 is 0. The standard InChI is InChI=1S/C19H31N3O/c1-15(2)14-22-9-5-4-6-18(22)17-7-8-19(20-16(17)3)21-10-12-23-13-11-21/h7-8,15,18H,4-6,9-14H2,1-3H3. The molecule has 1 unspecified atom stereocenters. The van der Waals surface area contributed by atoms with E-state index in [9.17, 15) is 0 Å². The zero-order valence-electron chi connectivity index (χ0n) is 14.9. The van der Waals surface area contributed by atoms with E-state index in [0.717, 1.165) is 38.0 Å². The number of pyridine rings is 1. The van der Waals surface area contributed by atoms with E-state index in [1.807, 2.05) is 0 Å². The number of rotatable bonds is 4. The first-order valence-corrected chi connectivity index (χ1v) is 9.19. The van der Waals surface area contributed by atoms with Gasteiger partial charge in [-0.05, 0) is 43.9 Å². The fourth-order valence-electron chi connectivity index (χ4n) is 3.91. The van der Waals surface area contributed by atoms with Crippen molar-refractivity contribution in [3.63, 3.8) is 0 Å². The van der Waals surface area contributed by atoms with Crippen LogP contribution in [-0.2, 0) is 4.74 Å². The molecule has 23 heavy (non-hydrogen) atoms. The third-order valence-corrected chi connectivity index (χ3v) is 5.02. The second-order valence-corrected chi connectivity index (χ2v) is 7.34. The normalized spacial score (nSPS) is 23.5. The number of anilines is 1. The van der Waals surface area contributed by atoms with Crippen LogP contribution in [0.4, 0.5) is 5.82 Å². The van der Waals surface area contributed by atoms with Gasteiger partial charge in [-0.3, -0.25) is 4.90 Å². The molecule has 0 spiro atoms.